The minimum absolute atomic E-state index is 0.749. The van der Waals surface area contributed by atoms with Crippen LogP contribution in [0.5, 0.6) is 0 Å². The van der Waals surface area contributed by atoms with Gasteiger partial charge in [-0.1, -0.05) is 12.2 Å². The van der Waals surface area contributed by atoms with Gasteiger partial charge in [-0.3, -0.25) is 0 Å². The maximum Gasteiger partial charge on any atom is 0.167 e. The van der Waals surface area contributed by atoms with Crippen molar-refractivity contribution in [2.75, 3.05) is 6.61 Å². The highest BCUT2D eigenvalue weighted by atomic mass is 16.5. The average molecular weight is 130 g/mol. The summed E-state index contributed by atoms with van der Waals surface area (Å²) in [5.74, 6) is 0. The second kappa shape index (κ2) is 1.43. The molecule has 0 unspecified atom stereocenters. The van der Waals surface area contributed by atoms with Crippen molar-refractivity contribution in [2.24, 2.45) is 0 Å². The molecule has 3 rings (SSSR count). The third kappa shape index (κ3) is 0.400. The highest BCUT2D eigenvalue weighted by molar-refractivity contribution is 5.64. The Bertz CT molecular complexity index is 264. The van der Waals surface area contributed by atoms with Crippen LogP contribution >= 0.6 is 0 Å². The van der Waals surface area contributed by atoms with Crippen molar-refractivity contribution in [3.05, 3.63) is 41.1 Å². The maximum atomic E-state index is 5.09. The van der Waals surface area contributed by atoms with Crippen LogP contribution in [0.1, 0.15) is 6.42 Å². The van der Waals surface area contributed by atoms with Crippen LogP contribution in [0.15, 0.2) is 34.4 Å². The third-order valence-corrected chi connectivity index (χ3v) is 2.27. The van der Waals surface area contributed by atoms with Crippen molar-refractivity contribution in [2.45, 2.75) is 6.42 Å². The summed E-state index contributed by atoms with van der Waals surface area (Å²) in [5.41, 5.74) is 5.44. The number of allylic oxidation sites excluding steroid dienone is 2. The van der Waals surface area contributed by atoms with E-state index in [4.69, 9.17) is 4.74 Å². The molecule has 0 aromatic carbocycles. The Morgan fingerprint density at radius 3 is 3.10 bits per heavy atom. The molecule has 0 aromatic heterocycles. The van der Waals surface area contributed by atoms with Crippen LogP contribution in [0.4, 0.5) is 0 Å². The largest absolute Gasteiger partial charge is 0.358 e. The molecule has 0 atom stereocenters. The Morgan fingerprint density at radius 1 is 1.30 bits per heavy atom. The van der Waals surface area contributed by atoms with Crippen molar-refractivity contribution in [3.8, 4) is 0 Å². The van der Waals surface area contributed by atoms with Gasteiger partial charge in [-0.25, -0.2) is 0 Å². The molecule has 2 bridgehead atoms. The molecule has 1 heterocycles. The minimum atomic E-state index is 0.749. The lowest BCUT2D eigenvalue weighted by molar-refractivity contribution is 0.261. The summed E-state index contributed by atoms with van der Waals surface area (Å²) in [4.78, 5) is 0. The molecule has 0 fully saturated rings. The molecule has 0 aromatic rings. The normalized spacial score (nSPS) is 27.2. The zero-order valence-corrected chi connectivity index (χ0v) is 5.48. The number of hydrogen-bond acceptors (Lipinski definition) is 1. The third-order valence-electron chi connectivity index (χ3n) is 2.27. The van der Waals surface area contributed by atoms with E-state index in [1.165, 1.54) is 22.3 Å². The van der Waals surface area contributed by atoms with Gasteiger partial charge in [-0.15, -0.1) is 0 Å². The summed E-state index contributed by atoms with van der Waals surface area (Å²) in [5, 5.41) is 0. The quantitative estimate of drug-likeness (QED) is 0.484. The van der Waals surface area contributed by atoms with Gasteiger partial charge in [0, 0.05) is 0 Å². The molecule has 3 aliphatic rings. The smallest absolute Gasteiger partial charge is 0.167 e. The Morgan fingerprint density at radius 2 is 2.20 bits per heavy atom. The molecule has 0 N–H and O–H groups in total. The standard InChI is InChI=1S/C9H6O/c1-2-7-3-6(1)8-4-10-5-9(7)8/h1-2H,3-4H2. The molecule has 1 nitrogen and oxygen atoms in total. The number of hydrogen-bond donors (Lipinski definition) is 0. The molecule has 2 radical (unpaired) electrons. The van der Waals surface area contributed by atoms with Crippen LogP contribution in [0, 0.1) is 6.61 Å². The lowest BCUT2D eigenvalue weighted by Crippen LogP contribution is -1.87. The van der Waals surface area contributed by atoms with E-state index < -0.39 is 0 Å². The first-order valence-electron chi connectivity index (χ1n) is 3.46. The summed E-state index contributed by atoms with van der Waals surface area (Å²) in [7, 11) is 0. The van der Waals surface area contributed by atoms with Gasteiger partial charge in [0.05, 0.1) is 6.61 Å². The highest BCUT2D eigenvalue weighted by Gasteiger charge is 2.31. The van der Waals surface area contributed by atoms with Gasteiger partial charge in [0.2, 0.25) is 0 Å². The lowest BCUT2D eigenvalue weighted by atomic mass is 10.1. The summed E-state index contributed by atoms with van der Waals surface area (Å²) < 4.78 is 5.09. The predicted octanol–water partition coefficient (Wildman–Crippen LogP) is 1.62. The Kier molecular flexibility index (Phi) is 0.702. The molecule has 2 aliphatic carbocycles. The fourth-order valence-corrected chi connectivity index (χ4v) is 1.73. The molecule has 0 amide bonds. The van der Waals surface area contributed by atoms with E-state index >= 15 is 0 Å². The maximum absolute atomic E-state index is 5.09. The number of rotatable bonds is 0. The van der Waals surface area contributed by atoms with Gasteiger partial charge in [0.1, 0.15) is 0 Å². The van der Waals surface area contributed by atoms with Crippen molar-refractivity contribution in [1.82, 2.24) is 0 Å². The van der Waals surface area contributed by atoms with Crippen molar-refractivity contribution in [3.63, 3.8) is 0 Å². The van der Waals surface area contributed by atoms with Crippen molar-refractivity contribution >= 4 is 0 Å². The molecular formula is C9H6O. The van der Waals surface area contributed by atoms with E-state index in [-0.39, 0.29) is 0 Å². The van der Waals surface area contributed by atoms with Crippen LogP contribution in [0.2, 0.25) is 0 Å². The van der Waals surface area contributed by atoms with Gasteiger partial charge in [0.25, 0.3) is 0 Å². The molecule has 1 heteroatoms. The number of ether oxygens (including phenoxy) is 1. The second-order valence-corrected chi connectivity index (χ2v) is 2.80. The van der Waals surface area contributed by atoms with Crippen molar-refractivity contribution in [1.29, 1.82) is 0 Å². The van der Waals surface area contributed by atoms with Crippen LogP contribution in [-0.2, 0) is 4.74 Å². The molecule has 0 saturated carbocycles. The van der Waals surface area contributed by atoms with Gasteiger partial charge in [0.15, 0.2) is 6.61 Å². The van der Waals surface area contributed by atoms with E-state index in [1.54, 1.807) is 0 Å². The minimum Gasteiger partial charge on any atom is -0.358 e. The van der Waals surface area contributed by atoms with Gasteiger partial charge in [-0.2, -0.15) is 0 Å². The summed E-state index contributed by atoms with van der Waals surface area (Å²) in [6.07, 6.45) is 5.47. The van der Waals surface area contributed by atoms with E-state index in [0.29, 0.717) is 0 Å². The summed E-state index contributed by atoms with van der Waals surface area (Å²) in [6.45, 7) is 3.67. The fraction of sp³-hybridized carbons (Fsp3) is 0.222. The van der Waals surface area contributed by atoms with Gasteiger partial charge >= 0.3 is 0 Å². The topological polar surface area (TPSA) is 9.23 Å². The van der Waals surface area contributed by atoms with E-state index in [2.05, 4.69) is 18.8 Å². The monoisotopic (exact) mass is 130 g/mol. The summed E-state index contributed by atoms with van der Waals surface area (Å²) in [6, 6.07) is 0. The van der Waals surface area contributed by atoms with Crippen LogP contribution in [0.25, 0.3) is 0 Å². The Labute approximate surface area is 59.7 Å². The van der Waals surface area contributed by atoms with Crippen LogP contribution < -0.4 is 0 Å². The lowest BCUT2D eigenvalue weighted by Gasteiger charge is -1.95. The zero-order chi connectivity index (χ0) is 6.55. The molecule has 10 heavy (non-hydrogen) atoms. The van der Waals surface area contributed by atoms with Gasteiger partial charge < -0.3 is 4.74 Å². The molecule has 0 spiro atoms. The molecular weight excluding hydrogens is 124 g/mol. The zero-order valence-electron chi connectivity index (χ0n) is 5.48. The van der Waals surface area contributed by atoms with Gasteiger partial charge in [-0.05, 0) is 28.7 Å². The summed E-state index contributed by atoms with van der Waals surface area (Å²) >= 11 is 0. The van der Waals surface area contributed by atoms with E-state index in [0.717, 1.165) is 13.0 Å². The van der Waals surface area contributed by atoms with E-state index in [9.17, 15) is 0 Å². The SMILES string of the molecule is [C]1OCC2=C1C1=CC=C2C1. The van der Waals surface area contributed by atoms with E-state index in [1.807, 2.05) is 0 Å². The molecule has 1 aliphatic heterocycles. The fourth-order valence-electron chi connectivity index (χ4n) is 1.73. The average Bonchev–Trinajstić information content (AvgIpc) is 2.60. The first-order chi connectivity index (χ1) is 4.95. The Balaban J connectivity index is 2.25. The number of fused-ring (bicyclic) bond motifs is 4. The van der Waals surface area contributed by atoms with Crippen LogP contribution in [0.3, 0.4) is 0 Å². The predicted molar refractivity (Wildman–Crippen MR) is 37.0 cm³/mol. The Hall–Kier alpha value is -0.820. The second-order valence-electron chi connectivity index (χ2n) is 2.80. The first kappa shape index (κ1) is 4.91. The first-order valence-corrected chi connectivity index (χ1v) is 3.46. The highest BCUT2D eigenvalue weighted by Crippen LogP contribution is 2.44. The van der Waals surface area contributed by atoms with Crippen LogP contribution in [-0.4, -0.2) is 6.61 Å². The molecule has 0 saturated heterocycles. The van der Waals surface area contributed by atoms with Crippen molar-refractivity contribution < 1.29 is 4.74 Å². The molecule has 48 valence electrons.